The van der Waals surface area contributed by atoms with Crippen molar-refractivity contribution < 1.29 is 4.79 Å². The van der Waals surface area contributed by atoms with E-state index in [0.29, 0.717) is 0 Å². The molecule has 86 valence electrons. The van der Waals surface area contributed by atoms with Crippen molar-refractivity contribution in [1.29, 1.82) is 0 Å². The highest BCUT2D eigenvalue weighted by atomic mass is 16.1. The van der Waals surface area contributed by atoms with Gasteiger partial charge in [-0.1, -0.05) is 50.3 Å². The molecule has 1 aromatic carbocycles. The van der Waals surface area contributed by atoms with E-state index < -0.39 is 0 Å². The van der Waals surface area contributed by atoms with Crippen molar-refractivity contribution >= 4 is 5.78 Å². The molecule has 0 spiro atoms. The summed E-state index contributed by atoms with van der Waals surface area (Å²) >= 11 is 0. The van der Waals surface area contributed by atoms with Crippen LogP contribution in [-0.2, 0) is 4.79 Å². The van der Waals surface area contributed by atoms with Crippen molar-refractivity contribution in [3.8, 4) is 0 Å². The van der Waals surface area contributed by atoms with E-state index in [-0.39, 0.29) is 23.7 Å². The fourth-order valence-electron chi connectivity index (χ4n) is 1.73. The largest absolute Gasteiger partial charge is 0.324 e. The maximum absolute atomic E-state index is 12.1. The third-order valence-electron chi connectivity index (χ3n) is 2.69. The first-order valence-corrected chi connectivity index (χ1v) is 5.54. The van der Waals surface area contributed by atoms with Crippen molar-refractivity contribution in [2.45, 2.75) is 25.8 Å². The molecule has 16 heavy (non-hydrogen) atoms. The van der Waals surface area contributed by atoms with E-state index in [1.807, 2.05) is 44.2 Å². The highest BCUT2D eigenvalue weighted by Gasteiger charge is 2.26. The number of Topliss-reactive ketones (excluding diaryl/α,β-unsaturated/α-hetero) is 1. The average molecular weight is 217 g/mol. The van der Waals surface area contributed by atoms with E-state index in [0.717, 1.165) is 5.56 Å². The predicted octanol–water partition coefficient (Wildman–Crippen LogP) is 2.51. The maximum Gasteiger partial charge on any atom is 0.144 e. The van der Waals surface area contributed by atoms with E-state index in [1.165, 1.54) is 0 Å². The highest BCUT2D eigenvalue weighted by Crippen LogP contribution is 2.23. The lowest BCUT2D eigenvalue weighted by Crippen LogP contribution is -2.34. The Morgan fingerprint density at radius 2 is 1.88 bits per heavy atom. The number of hydrogen-bond acceptors (Lipinski definition) is 2. The Kier molecular flexibility index (Phi) is 4.44. The number of nitrogens with two attached hydrogens (primary N) is 1. The summed E-state index contributed by atoms with van der Waals surface area (Å²) in [7, 11) is 0. The summed E-state index contributed by atoms with van der Waals surface area (Å²) in [6, 6.07) is 9.33. The van der Waals surface area contributed by atoms with Crippen LogP contribution in [0, 0.1) is 5.92 Å². The molecule has 1 rings (SSSR count). The summed E-state index contributed by atoms with van der Waals surface area (Å²) in [5.74, 6) is -0.131. The van der Waals surface area contributed by atoms with Crippen molar-refractivity contribution in [3.05, 3.63) is 48.6 Å². The summed E-state index contributed by atoms with van der Waals surface area (Å²) in [5.41, 5.74) is 6.92. The van der Waals surface area contributed by atoms with Gasteiger partial charge in [0.2, 0.25) is 0 Å². The van der Waals surface area contributed by atoms with Gasteiger partial charge in [0.1, 0.15) is 5.78 Å². The molecule has 1 aromatic rings. The Hall–Kier alpha value is -1.41. The van der Waals surface area contributed by atoms with Crippen LogP contribution in [0.4, 0.5) is 0 Å². The zero-order chi connectivity index (χ0) is 12.1. The van der Waals surface area contributed by atoms with Crippen LogP contribution >= 0.6 is 0 Å². The predicted molar refractivity (Wildman–Crippen MR) is 67.2 cm³/mol. The Morgan fingerprint density at radius 3 is 2.31 bits per heavy atom. The smallest absolute Gasteiger partial charge is 0.144 e. The molecule has 0 aliphatic heterocycles. The molecule has 2 N–H and O–H groups in total. The van der Waals surface area contributed by atoms with Gasteiger partial charge in [-0.3, -0.25) is 4.79 Å². The van der Waals surface area contributed by atoms with Gasteiger partial charge in [-0.05, 0) is 5.56 Å². The lowest BCUT2D eigenvalue weighted by molar-refractivity contribution is -0.123. The van der Waals surface area contributed by atoms with Gasteiger partial charge in [-0.2, -0.15) is 0 Å². The topological polar surface area (TPSA) is 43.1 Å². The van der Waals surface area contributed by atoms with Crippen LogP contribution in [0.2, 0.25) is 0 Å². The van der Waals surface area contributed by atoms with Crippen LogP contribution < -0.4 is 5.73 Å². The van der Waals surface area contributed by atoms with Gasteiger partial charge in [0.05, 0.1) is 5.92 Å². The molecule has 0 aliphatic rings. The van der Waals surface area contributed by atoms with Crippen LogP contribution in [0.25, 0.3) is 0 Å². The van der Waals surface area contributed by atoms with Gasteiger partial charge >= 0.3 is 0 Å². The highest BCUT2D eigenvalue weighted by molar-refractivity contribution is 5.88. The lowest BCUT2D eigenvalue weighted by Gasteiger charge is -2.22. The van der Waals surface area contributed by atoms with Crippen molar-refractivity contribution in [2.75, 3.05) is 0 Å². The molecule has 0 saturated heterocycles. The lowest BCUT2D eigenvalue weighted by atomic mass is 9.84. The van der Waals surface area contributed by atoms with Gasteiger partial charge < -0.3 is 5.73 Å². The molecule has 0 saturated carbocycles. The fourth-order valence-corrected chi connectivity index (χ4v) is 1.73. The van der Waals surface area contributed by atoms with Crippen molar-refractivity contribution in [3.63, 3.8) is 0 Å². The Bertz CT molecular complexity index is 356. The number of benzene rings is 1. The quantitative estimate of drug-likeness (QED) is 0.770. The standard InChI is InChI=1S/C14H19NO/c1-4-12(15)13(14(16)10(2)3)11-8-6-5-7-9-11/h4-10,12-13H,1,15H2,2-3H3/t12?,13-/m1/s1. The van der Waals surface area contributed by atoms with E-state index in [9.17, 15) is 4.79 Å². The van der Waals surface area contributed by atoms with Crippen LogP contribution in [0.3, 0.4) is 0 Å². The van der Waals surface area contributed by atoms with Crippen LogP contribution in [-0.4, -0.2) is 11.8 Å². The first-order valence-electron chi connectivity index (χ1n) is 5.54. The normalized spacial score (nSPS) is 14.5. The van der Waals surface area contributed by atoms with Gasteiger partial charge in [-0.25, -0.2) is 0 Å². The first kappa shape index (κ1) is 12.7. The van der Waals surface area contributed by atoms with E-state index in [1.54, 1.807) is 6.08 Å². The SMILES string of the molecule is C=CC(N)[C@H](C(=O)C(C)C)c1ccccc1. The molecule has 0 bridgehead atoms. The van der Waals surface area contributed by atoms with E-state index in [2.05, 4.69) is 6.58 Å². The van der Waals surface area contributed by atoms with Gasteiger partial charge in [-0.15, -0.1) is 6.58 Å². The molecule has 2 atom stereocenters. The summed E-state index contributed by atoms with van der Waals surface area (Å²) in [4.78, 5) is 12.1. The van der Waals surface area contributed by atoms with Crippen molar-refractivity contribution in [2.24, 2.45) is 11.7 Å². The summed E-state index contributed by atoms with van der Waals surface area (Å²) in [6.45, 7) is 7.47. The van der Waals surface area contributed by atoms with E-state index >= 15 is 0 Å². The second kappa shape index (κ2) is 5.61. The number of hydrogen-bond donors (Lipinski definition) is 1. The molecular weight excluding hydrogens is 198 g/mol. The molecular formula is C14H19NO. The molecule has 0 amide bonds. The van der Waals surface area contributed by atoms with Gasteiger partial charge in [0, 0.05) is 12.0 Å². The molecule has 2 heteroatoms. The first-order chi connectivity index (χ1) is 7.57. The number of rotatable bonds is 5. The van der Waals surface area contributed by atoms with Gasteiger partial charge in [0.15, 0.2) is 0 Å². The number of carbonyl (C=O) groups is 1. The Labute approximate surface area is 97.2 Å². The molecule has 0 aliphatic carbocycles. The Morgan fingerprint density at radius 1 is 1.31 bits per heavy atom. The second-order valence-corrected chi connectivity index (χ2v) is 4.26. The molecule has 0 radical (unpaired) electrons. The fraction of sp³-hybridized carbons (Fsp3) is 0.357. The second-order valence-electron chi connectivity index (χ2n) is 4.26. The minimum absolute atomic E-state index is 0.0174. The van der Waals surface area contributed by atoms with Gasteiger partial charge in [0.25, 0.3) is 0 Å². The van der Waals surface area contributed by atoms with Crippen LogP contribution in [0.1, 0.15) is 25.3 Å². The monoisotopic (exact) mass is 217 g/mol. The molecule has 0 heterocycles. The zero-order valence-electron chi connectivity index (χ0n) is 9.89. The summed E-state index contributed by atoms with van der Waals surface area (Å²) in [6.07, 6.45) is 1.64. The van der Waals surface area contributed by atoms with Crippen molar-refractivity contribution in [1.82, 2.24) is 0 Å². The van der Waals surface area contributed by atoms with E-state index in [4.69, 9.17) is 5.73 Å². The van der Waals surface area contributed by atoms with Crippen LogP contribution in [0.5, 0.6) is 0 Å². The third-order valence-corrected chi connectivity index (χ3v) is 2.69. The maximum atomic E-state index is 12.1. The minimum Gasteiger partial charge on any atom is -0.324 e. The zero-order valence-corrected chi connectivity index (χ0v) is 9.89. The molecule has 2 nitrogen and oxygen atoms in total. The minimum atomic E-state index is -0.322. The summed E-state index contributed by atoms with van der Waals surface area (Å²) < 4.78 is 0. The Balaban J connectivity index is 3.06. The molecule has 1 unspecified atom stereocenters. The molecule has 0 aromatic heterocycles. The number of carbonyl (C=O) groups excluding carboxylic acids is 1. The third kappa shape index (κ3) is 2.80. The number of ketones is 1. The summed E-state index contributed by atoms with van der Waals surface area (Å²) in [5, 5.41) is 0. The van der Waals surface area contributed by atoms with Crippen LogP contribution in [0.15, 0.2) is 43.0 Å². The average Bonchev–Trinajstić information content (AvgIpc) is 2.30. The molecule has 0 fully saturated rings.